The molecule has 0 aromatic carbocycles. The van der Waals surface area contributed by atoms with Gasteiger partial charge in [-0.3, -0.25) is 4.79 Å². The number of aliphatic hydroxyl groups is 8. The number of rotatable bonds is 46. The van der Waals surface area contributed by atoms with Crippen molar-refractivity contribution in [3.05, 3.63) is 109 Å². The smallest absolute Gasteiger partial charge is 0.220 e. The predicted molar refractivity (Wildman–Crippen MR) is 313 cm³/mol. The van der Waals surface area contributed by atoms with Gasteiger partial charge in [-0.25, -0.2) is 0 Å². The van der Waals surface area contributed by atoms with Gasteiger partial charge >= 0.3 is 0 Å². The Labute approximate surface area is 470 Å². The summed E-state index contributed by atoms with van der Waals surface area (Å²) in [4.78, 5) is 13.3. The van der Waals surface area contributed by atoms with E-state index in [1.807, 2.05) is 6.08 Å². The highest BCUT2D eigenvalue weighted by molar-refractivity contribution is 5.76. The Morgan fingerprint density at radius 2 is 0.897 bits per heavy atom. The van der Waals surface area contributed by atoms with Gasteiger partial charge in [0.05, 0.1) is 32.0 Å². The monoisotopic (exact) mass is 1100 g/mol. The predicted octanol–water partition coefficient (Wildman–Crippen LogP) is 10.4. The molecule has 0 radical (unpaired) electrons. The fraction of sp³-hybridized carbons (Fsp3) is 0.703. The molecule has 2 aliphatic heterocycles. The molecular weight excluding hydrogens is 991 g/mol. The molecule has 0 bridgehead atoms. The molecule has 9 N–H and O–H groups in total. The van der Waals surface area contributed by atoms with Gasteiger partial charge in [0.25, 0.3) is 0 Å². The van der Waals surface area contributed by atoms with Crippen molar-refractivity contribution in [1.29, 1.82) is 0 Å². The summed E-state index contributed by atoms with van der Waals surface area (Å²) in [6.07, 6.45) is 51.2. The van der Waals surface area contributed by atoms with Crippen LogP contribution in [0.15, 0.2) is 109 Å². The minimum Gasteiger partial charge on any atom is -0.394 e. The van der Waals surface area contributed by atoms with Gasteiger partial charge in [-0.2, -0.15) is 0 Å². The van der Waals surface area contributed by atoms with Crippen molar-refractivity contribution in [1.82, 2.24) is 5.32 Å². The summed E-state index contributed by atoms with van der Waals surface area (Å²) in [5.41, 5.74) is 0. The summed E-state index contributed by atoms with van der Waals surface area (Å²) in [7, 11) is 0. The van der Waals surface area contributed by atoms with E-state index in [2.05, 4.69) is 116 Å². The molecule has 14 heteroatoms. The van der Waals surface area contributed by atoms with Gasteiger partial charge in [0.1, 0.15) is 48.8 Å². The van der Waals surface area contributed by atoms with Crippen molar-refractivity contribution in [2.24, 2.45) is 0 Å². The van der Waals surface area contributed by atoms with E-state index in [9.17, 15) is 45.6 Å². The Morgan fingerprint density at radius 3 is 1.41 bits per heavy atom. The Hall–Kier alpha value is -3.35. The molecule has 2 aliphatic rings. The van der Waals surface area contributed by atoms with Gasteiger partial charge in [-0.05, 0) is 96.3 Å². The highest BCUT2D eigenvalue weighted by Crippen LogP contribution is 2.30. The molecule has 14 nitrogen and oxygen atoms in total. The molecule has 446 valence electrons. The summed E-state index contributed by atoms with van der Waals surface area (Å²) < 4.78 is 22.7. The lowest BCUT2D eigenvalue weighted by Gasteiger charge is -2.46. The fourth-order valence-electron chi connectivity index (χ4n) is 9.09. The van der Waals surface area contributed by atoms with Crippen LogP contribution in [0, 0.1) is 0 Å². The van der Waals surface area contributed by atoms with Crippen LogP contribution in [0.25, 0.3) is 0 Å². The van der Waals surface area contributed by atoms with Crippen LogP contribution in [0.5, 0.6) is 0 Å². The van der Waals surface area contributed by atoms with Crippen molar-refractivity contribution in [3.8, 4) is 0 Å². The number of hydrogen-bond donors (Lipinski definition) is 9. The summed E-state index contributed by atoms with van der Waals surface area (Å²) in [6, 6.07) is -0.954. The van der Waals surface area contributed by atoms with E-state index < -0.39 is 86.8 Å². The molecule has 2 heterocycles. The molecule has 0 aromatic heterocycles. The standard InChI is InChI=1S/C64H107NO13/c1-3-5-7-9-11-13-15-17-19-21-23-24-25-26-27-28-30-32-34-36-38-40-42-44-46-48-56(69)65-52(53(68)47-45-43-41-39-37-35-33-31-29-22-20-18-16-14-12-10-8-6-4-2)51-75-63-61(74)59(72)62(55(50-67)77-63)78-64-60(73)58(71)57(70)54(49-66)76-64/h5,7,11,13,17,19,23-24,26-27,29-32,37,39,45,47,52-55,57-64,66-68,70-74H,3-4,6,8-10,12,14-16,18,20-22,25,28,33-36,38,40-44,46,48-51H2,1-2H3,(H,65,69)/b7-5-,13-11-,19-17-,24-23-,27-26-,31-29+,32-30-,39-37+,47-45+. The van der Waals surface area contributed by atoms with Crippen LogP contribution in [0.2, 0.25) is 0 Å². The number of hydrogen-bond acceptors (Lipinski definition) is 13. The summed E-state index contributed by atoms with van der Waals surface area (Å²) in [5.74, 6) is -0.273. The maximum absolute atomic E-state index is 13.3. The van der Waals surface area contributed by atoms with Gasteiger partial charge < -0.3 is 65.1 Å². The van der Waals surface area contributed by atoms with E-state index in [-0.39, 0.29) is 18.9 Å². The lowest BCUT2D eigenvalue weighted by atomic mass is 9.97. The Bertz CT molecular complexity index is 1720. The first-order valence-electron chi connectivity index (χ1n) is 30.1. The summed E-state index contributed by atoms with van der Waals surface area (Å²) >= 11 is 0. The van der Waals surface area contributed by atoms with Crippen LogP contribution in [0.3, 0.4) is 0 Å². The number of carbonyl (C=O) groups is 1. The molecule has 2 rings (SSSR count). The zero-order valence-corrected chi connectivity index (χ0v) is 47.9. The third kappa shape index (κ3) is 33.4. The van der Waals surface area contributed by atoms with E-state index in [1.165, 1.54) is 57.8 Å². The third-order valence-corrected chi connectivity index (χ3v) is 13.9. The maximum atomic E-state index is 13.3. The molecule has 1 amide bonds. The largest absolute Gasteiger partial charge is 0.394 e. The van der Waals surface area contributed by atoms with Gasteiger partial charge in [0.15, 0.2) is 12.6 Å². The number of aliphatic hydroxyl groups excluding tert-OH is 8. The number of carbonyl (C=O) groups excluding carboxylic acids is 1. The molecular formula is C64H107NO13. The first-order valence-corrected chi connectivity index (χ1v) is 30.1. The van der Waals surface area contributed by atoms with Gasteiger partial charge in [-0.15, -0.1) is 0 Å². The molecule has 0 spiro atoms. The van der Waals surface area contributed by atoms with E-state index in [0.717, 1.165) is 103 Å². The average Bonchev–Trinajstić information content (AvgIpc) is 3.44. The summed E-state index contributed by atoms with van der Waals surface area (Å²) in [5, 5.41) is 87.1. The van der Waals surface area contributed by atoms with Crippen LogP contribution in [-0.2, 0) is 23.7 Å². The molecule has 0 aromatic rings. The quantitative estimate of drug-likeness (QED) is 0.0204. The molecule has 78 heavy (non-hydrogen) atoms. The van der Waals surface area contributed by atoms with Crippen molar-refractivity contribution in [2.75, 3.05) is 19.8 Å². The second kappa shape index (κ2) is 48.4. The minimum absolute atomic E-state index is 0.246. The molecule has 12 unspecified atom stereocenters. The molecule has 0 aliphatic carbocycles. The highest BCUT2D eigenvalue weighted by Gasteiger charge is 2.51. The Morgan fingerprint density at radius 1 is 0.474 bits per heavy atom. The first-order chi connectivity index (χ1) is 38.1. The Kier molecular flexibility index (Phi) is 43.9. The number of nitrogens with one attached hydrogen (secondary N) is 1. The molecule has 2 saturated heterocycles. The number of amides is 1. The number of unbranched alkanes of at least 4 members (excludes halogenated alkanes) is 17. The van der Waals surface area contributed by atoms with E-state index in [4.69, 9.17) is 18.9 Å². The van der Waals surface area contributed by atoms with Crippen molar-refractivity contribution >= 4 is 5.91 Å². The third-order valence-electron chi connectivity index (χ3n) is 13.9. The highest BCUT2D eigenvalue weighted by atomic mass is 16.7. The minimum atomic E-state index is -1.80. The molecule has 2 fully saturated rings. The zero-order chi connectivity index (χ0) is 56.7. The van der Waals surface area contributed by atoms with Crippen LogP contribution in [0.4, 0.5) is 0 Å². The van der Waals surface area contributed by atoms with E-state index in [0.29, 0.717) is 12.8 Å². The maximum Gasteiger partial charge on any atom is 0.220 e. The van der Waals surface area contributed by atoms with Gasteiger partial charge in [0, 0.05) is 6.42 Å². The lowest BCUT2D eigenvalue weighted by Crippen LogP contribution is -2.65. The van der Waals surface area contributed by atoms with E-state index in [1.54, 1.807) is 6.08 Å². The number of allylic oxidation sites excluding steroid dienone is 17. The van der Waals surface area contributed by atoms with E-state index >= 15 is 0 Å². The normalized spacial score (nSPS) is 25.4. The lowest BCUT2D eigenvalue weighted by molar-refractivity contribution is -0.359. The molecule has 12 atom stereocenters. The van der Waals surface area contributed by atoms with Crippen LogP contribution in [0.1, 0.15) is 194 Å². The van der Waals surface area contributed by atoms with Crippen molar-refractivity contribution < 1.29 is 64.6 Å². The fourth-order valence-corrected chi connectivity index (χ4v) is 9.09. The SMILES string of the molecule is CC/C=C\C/C=C\C/C=C\C/C=C\C/C=C\C/C=C\CCCCCCCCC(=O)NC(COC1OC(CO)C(OC2OC(CO)C(O)C(O)C2O)C(O)C1O)C(O)/C=C/CC/C=C/CC/C=C/CCCCCCCCCCC. The zero-order valence-electron chi connectivity index (χ0n) is 47.9. The van der Waals surface area contributed by atoms with Crippen LogP contribution >= 0.6 is 0 Å². The van der Waals surface area contributed by atoms with Crippen molar-refractivity contribution in [3.63, 3.8) is 0 Å². The second-order valence-electron chi connectivity index (χ2n) is 20.7. The Balaban J connectivity index is 1.80. The molecule has 0 saturated carbocycles. The summed E-state index contributed by atoms with van der Waals surface area (Å²) in [6.45, 7) is 2.63. The van der Waals surface area contributed by atoms with Crippen LogP contribution in [-0.4, -0.2) is 140 Å². The van der Waals surface area contributed by atoms with Gasteiger partial charge in [-0.1, -0.05) is 200 Å². The average molecular weight is 1100 g/mol. The first kappa shape index (κ1) is 70.8. The van der Waals surface area contributed by atoms with Crippen molar-refractivity contribution in [2.45, 2.75) is 267 Å². The topological polar surface area (TPSA) is 228 Å². The second-order valence-corrected chi connectivity index (χ2v) is 20.7. The van der Waals surface area contributed by atoms with Gasteiger partial charge in [0.2, 0.25) is 5.91 Å². The van der Waals surface area contributed by atoms with Crippen LogP contribution < -0.4 is 5.32 Å². The number of ether oxygens (including phenoxy) is 4.